The number of halogens is 2. The minimum Gasteiger partial charge on any atom is -0.192 e. The molecular formula is C13H6Cl2N2S2. The molecular weight excluding hydrogens is 319 g/mol. The molecule has 19 heavy (non-hydrogen) atoms. The summed E-state index contributed by atoms with van der Waals surface area (Å²) in [6, 6.07) is 12.6. The number of nitriles is 1. The van der Waals surface area contributed by atoms with E-state index in [-0.39, 0.29) is 0 Å². The topological polar surface area (TPSA) is 36.1 Å². The van der Waals surface area contributed by atoms with E-state index < -0.39 is 0 Å². The van der Waals surface area contributed by atoms with Crippen LogP contribution < -0.4 is 0 Å². The first kappa shape index (κ1) is 14.3. The molecule has 0 amide bonds. The van der Waals surface area contributed by atoms with Gasteiger partial charge >= 0.3 is 0 Å². The molecule has 0 radical (unpaired) electrons. The molecule has 0 atom stereocenters. The Morgan fingerprint density at radius 1 is 1.11 bits per heavy atom. The van der Waals surface area contributed by atoms with Crippen molar-refractivity contribution in [1.82, 2.24) is 0 Å². The van der Waals surface area contributed by atoms with Gasteiger partial charge in [-0.15, -0.1) is 0 Å². The highest BCUT2D eigenvalue weighted by Crippen LogP contribution is 2.40. The zero-order valence-electron chi connectivity index (χ0n) is 9.43. The number of benzene rings is 2. The molecule has 0 spiro atoms. The van der Waals surface area contributed by atoms with Gasteiger partial charge in [0.2, 0.25) is 0 Å². The highest BCUT2D eigenvalue weighted by atomic mass is 35.5. The van der Waals surface area contributed by atoms with Gasteiger partial charge in [0.1, 0.15) is 0 Å². The summed E-state index contributed by atoms with van der Waals surface area (Å²) in [5.41, 5.74) is 1.18. The van der Waals surface area contributed by atoms with Crippen LogP contribution in [0.1, 0.15) is 5.56 Å². The molecule has 0 N–H and O–H groups in total. The summed E-state index contributed by atoms with van der Waals surface area (Å²) in [6.45, 7) is 0. The molecule has 6 heteroatoms. The van der Waals surface area contributed by atoms with E-state index in [1.807, 2.05) is 12.1 Å². The van der Waals surface area contributed by atoms with Crippen LogP contribution in [0.2, 0.25) is 10.0 Å². The van der Waals surface area contributed by atoms with E-state index in [1.54, 1.807) is 24.3 Å². The molecule has 2 aromatic carbocycles. The van der Waals surface area contributed by atoms with E-state index in [0.29, 0.717) is 21.3 Å². The van der Waals surface area contributed by atoms with Gasteiger partial charge in [-0.05, 0) is 36.4 Å². The zero-order chi connectivity index (χ0) is 13.8. The molecule has 0 saturated carbocycles. The Morgan fingerprint density at radius 2 is 1.68 bits per heavy atom. The lowest BCUT2D eigenvalue weighted by Crippen LogP contribution is -1.80. The Hall–Kier alpha value is -1.12. The van der Waals surface area contributed by atoms with E-state index in [1.165, 1.54) is 11.8 Å². The van der Waals surface area contributed by atoms with Crippen LogP contribution in [-0.2, 0) is 12.4 Å². The Morgan fingerprint density at radius 3 is 2.16 bits per heavy atom. The molecule has 0 aliphatic rings. The third-order valence-corrected chi connectivity index (χ3v) is 4.47. The summed E-state index contributed by atoms with van der Waals surface area (Å²) in [6.07, 6.45) is 0. The fraction of sp³-hybridized carbons (Fsp3) is 0. The van der Waals surface area contributed by atoms with E-state index >= 15 is 0 Å². The maximum atomic E-state index is 8.74. The van der Waals surface area contributed by atoms with Crippen LogP contribution in [0.3, 0.4) is 0 Å². The van der Waals surface area contributed by atoms with Gasteiger partial charge in [-0.3, -0.25) is 0 Å². The van der Waals surface area contributed by atoms with Crippen LogP contribution in [0.15, 0.2) is 50.6 Å². The standard InChI is InChI=1S/C13H6Cl2N2S2/c14-11-5-9(17-18)6-12(15)13(11)19-10-3-1-8(7-16)2-4-10/h1-6H. The first-order valence-corrected chi connectivity index (χ1v) is 7.08. The average molecular weight is 325 g/mol. The van der Waals surface area contributed by atoms with Crippen molar-refractivity contribution in [2.24, 2.45) is 4.36 Å². The smallest absolute Gasteiger partial charge is 0.0991 e. The second-order valence-electron chi connectivity index (χ2n) is 3.57. The molecule has 2 rings (SSSR count). The second-order valence-corrected chi connectivity index (χ2v) is 5.65. The molecule has 0 bridgehead atoms. The SMILES string of the molecule is N#Cc1ccc(Sc2c(Cl)cc(N=S)cc2Cl)cc1. The summed E-state index contributed by atoms with van der Waals surface area (Å²) < 4.78 is 3.63. The van der Waals surface area contributed by atoms with Crippen molar-refractivity contribution in [2.75, 3.05) is 0 Å². The van der Waals surface area contributed by atoms with Gasteiger partial charge in [-0.25, -0.2) is 0 Å². The molecule has 0 aromatic heterocycles. The van der Waals surface area contributed by atoms with Gasteiger partial charge in [0.15, 0.2) is 0 Å². The predicted molar refractivity (Wildman–Crippen MR) is 81.2 cm³/mol. The van der Waals surface area contributed by atoms with Gasteiger partial charge < -0.3 is 0 Å². The highest BCUT2D eigenvalue weighted by molar-refractivity contribution is 7.99. The van der Waals surface area contributed by atoms with Crippen molar-refractivity contribution < 1.29 is 0 Å². The Labute approximate surface area is 130 Å². The molecule has 94 valence electrons. The Bertz CT molecular complexity index is 640. The van der Waals surface area contributed by atoms with Crippen molar-refractivity contribution >= 4 is 53.1 Å². The number of hydrogen-bond acceptors (Lipinski definition) is 4. The van der Waals surface area contributed by atoms with Crippen molar-refractivity contribution in [1.29, 1.82) is 5.26 Å². The van der Waals surface area contributed by atoms with Crippen LogP contribution in [0.5, 0.6) is 0 Å². The van der Waals surface area contributed by atoms with Gasteiger partial charge in [-0.1, -0.05) is 35.0 Å². The summed E-state index contributed by atoms with van der Waals surface area (Å²) in [5, 5.41) is 9.75. The molecule has 0 saturated heterocycles. The first-order valence-electron chi connectivity index (χ1n) is 5.14. The average Bonchev–Trinajstić information content (AvgIpc) is 2.43. The maximum Gasteiger partial charge on any atom is 0.0991 e. The number of hydrogen-bond donors (Lipinski definition) is 0. The Kier molecular flexibility index (Phi) is 4.78. The lowest BCUT2D eigenvalue weighted by atomic mass is 10.2. The van der Waals surface area contributed by atoms with Crippen molar-refractivity contribution in [3.05, 3.63) is 52.0 Å². The minimum absolute atomic E-state index is 0.505. The van der Waals surface area contributed by atoms with Crippen LogP contribution >= 0.6 is 35.0 Å². The second kappa shape index (κ2) is 6.36. The van der Waals surface area contributed by atoms with Crippen LogP contribution in [0.25, 0.3) is 0 Å². The van der Waals surface area contributed by atoms with E-state index in [2.05, 4.69) is 22.9 Å². The lowest BCUT2D eigenvalue weighted by Gasteiger charge is -2.07. The normalized spacial score (nSPS) is 9.95. The predicted octanol–water partition coefficient (Wildman–Crippen LogP) is 5.38. The van der Waals surface area contributed by atoms with E-state index in [0.717, 1.165) is 9.79 Å². The fourth-order valence-electron chi connectivity index (χ4n) is 1.41. The minimum atomic E-state index is 0.505. The van der Waals surface area contributed by atoms with Crippen molar-refractivity contribution in [3.8, 4) is 6.07 Å². The quantitative estimate of drug-likeness (QED) is 0.760. The van der Waals surface area contributed by atoms with E-state index in [9.17, 15) is 0 Å². The van der Waals surface area contributed by atoms with E-state index in [4.69, 9.17) is 28.5 Å². The molecule has 0 unspecified atom stereocenters. The van der Waals surface area contributed by atoms with Crippen LogP contribution in [-0.4, -0.2) is 0 Å². The van der Waals surface area contributed by atoms with Gasteiger partial charge in [0.05, 0.1) is 27.4 Å². The third kappa shape index (κ3) is 3.46. The monoisotopic (exact) mass is 324 g/mol. The summed E-state index contributed by atoms with van der Waals surface area (Å²) >= 11 is 18.4. The lowest BCUT2D eigenvalue weighted by molar-refractivity contribution is 1.38. The summed E-state index contributed by atoms with van der Waals surface area (Å²) in [7, 11) is 0. The summed E-state index contributed by atoms with van der Waals surface area (Å²) in [4.78, 5) is 1.70. The molecule has 0 fully saturated rings. The molecule has 0 heterocycles. The highest BCUT2D eigenvalue weighted by Gasteiger charge is 2.10. The molecule has 0 aliphatic carbocycles. The Balaban J connectivity index is 2.32. The first-order chi connectivity index (χ1) is 9.13. The molecule has 2 aromatic rings. The van der Waals surface area contributed by atoms with Gasteiger partial charge in [-0.2, -0.15) is 9.62 Å². The molecule has 2 nitrogen and oxygen atoms in total. The largest absolute Gasteiger partial charge is 0.192 e. The maximum absolute atomic E-state index is 8.74. The fourth-order valence-corrected chi connectivity index (χ4v) is 3.05. The third-order valence-electron chi connectivity index (χ3n) is 2.29. The van der Waals surface area contributed by atoms with Crippen LogP contribution in [0, 0.1) is 11.3 Å². The van der Waals surface area contributed by atoms with Crippen molar-refractivity contribution in [2.45, 2.75) is 9.79 Å². The summed E-state index contributed by atoms with van der Waals surface area (Å²) in [5.74, 6) is 0. The van der Waals surface area contributed by atoms with Crippen LogP contribution in [0.4, 0.5) is 5.69 Å². The number of nitrogens with zero attached hydrogens (tertiary/aromatic N) is 2. The van der Waals surface area contributed by atoms with Crippen molar-refractivity contribution in [3.63, 3.8) is 0 Å². The molecule has 0 aliphatic heterocycles. The van der Waals surface area contributed by atoms with Gasteiger partial charge in [0, 0.05) is 22.2 Å². The zero-order valence-corrected chi connectivity index (χ0v) is 12.6. The number of rotatable bonds is 3. The van der Waals surface area contributed by atoms with Gasteiger partial charge in [0.25, 0.3) is 0 Å².